The number of nitrogen functional groups attached to an aromatic ring is 1. The Hall–Kier alpha value is -2.22. The number of H-pyrrole nitrogens is 1. The third kappa shape index (κ3) is 6.88. The summed E-state index contributed by atoms with van der Waals surface area (Å²) in [4.78, 5) is 12.7. The van der Waals surface area contributed by atoms with Gasteiger partial charge in [0.05, 0.1) is 17.6 Å². The second kappa shape index (κ2) is 12.3. The lowest BCUT2D eigenvalue weighted by molar-refractivity contribution is 0.157. The van der Waals surface area contributed by atoms with Gasteiger partial charge in [-0.15, -0.1) is 12.4 Å². The number of fused-ring (bicyclic) bond motifs is 1. The van der Waals surface area contributed by atoms with Crippen LogP contribution < -0.4 is 10.5 Å². The molecule has 33 heavy (non-hydrogen) atoms. The molecular formula is C25H39ClN6O. The van der Waals surface area contributed by atoms with Crippen molar-refractivity contribution in [1.29, 1.82) is 0 Å². The number of aromatic nitrogens is 3. The highest BCUT2D eigenvalue weighted by molar-refractivity contribution is 5.85. The lowest BCUT2D eigenvalue weighted by Crippen LogP contribution is -2.38. The summed E-state index contributed by atoms with van der Waals surface area (Å²) in [5.41, 5.74) is 9.49. The van der Waals surface area contributed by atoms with Crippen LogP contribution in [0.4, 0.5) is 5.95 Å². The summed E-state index contributed by atoms with van der Waals surface area (Å²) in [6.07, 6.45) is 8.03. The molecule has 182 valence electrons. The summed E-state index contributed by atoms with van der Waals surface area (Å²) in [5, 5.41) is 0. The second-order valence-corrected chi connectivity index (χ2v) is 9.14. The molecule has 1 aromatic carbocycles. The standard InChI is InChI=1S/C25H38N6O.ClH/c1-20-8-3-4-14-30(20)15-6-16-31-24-18-22(10-11-23(24)28-25(31)26)32-17-7-13-29(2)19-21-9-5-12-27-21;/h5,9-12,18,20,27H,3-4,6-8,13-17,19H2,1-2H3,(H2,26,28);1H. The minimum Gasteiger partial charge on any atom is -0.493 e. The van der Waals surface area contributed by atoms with E-state index in [9.17, 15) is 0 Å². The molecule has 3 aromatic rings. The van der Waals surface area contributed by atoms with Crippen molar-refractivity contribution >= 4 is 29.4 Å². The van der Waals surface area contributed by atoms with Crippen LogP contribution in [0.15, 0.2) is 36.5 Å². The van der Waals surface area contributed by atoms with Gasteiger partial charge in [0, 0.05) is 50.2 Å². The first-order chi connectivity index (χ1) is 15.6. The number of hydrogen-bond donors (Lipinski definition) is 2. The van der Waals surface area contributed by atoms with Gasteiger partial charge < -0.3 is 29.8 Å². The van der Waals surface area contributed by atoms with Crippen LogP contribution in [-0.2, 0) is 13.1 Å². The lowest BCUT2D eigenvalue weighted by Gasteiger charge is -2.33. The van der Waals surface area contributed by atoms with Gasteiger partial charge in [0.25, 0.3) is 0 Å². The third-order valence-corrected chi connectivity index (χ3v) is 6.57. The smallest absolute Gasteiger partial charge is 0.201 e. The average Bonchev–Trinajstić information content (AvgIpc) is 3.40. The van der Waals surface area contributed by atoms with Crippen LogP contribution in [0.5, 0.6) is 5.75 Å². The molecule has 3 heterocycles. The van der Waals surface area contributed by atoms with Crippen LogP contribution in [0.25, 0.3) is 11.0 Å². The SMILES string of the molecule is CC1CCCCN1CCCn1c(N)nc2ccc(OCCCN(C)Cc3ccc[nH]3)cc21.Cl. The maximum absolute atomic E-state index is 6.25. The summed E-state index contributed by atoms with van der Waals surface area (Å²) in [5.74, 6) is 1.48. The summed E-state index contributed by atoms with van der Waals surface area (Å²) in [6, 6.07) is 10.9. The molecule has 1 aliphatic heterocycles. The fourth-order valence-electron chi connectivity index (χ4n) is 4.73. The van der Waals surface area contributed by atoms with Crippen molar-refractivity contribution in [1.82, 2.24) is 24.3 Å². The van der Waals surface area contributed by atoms with Crippen molar-refractivity contribution in [3.8, 4) is 5.75 Å². The molecule has 0 bridgehead atoms. The van der Waals surface area contributed by atoms with E-state index in [1.807, 2.05) is 24.4 Å². The Bertz CT molecular complexity index is 973. The van der Waals surface area contributed by atoms with Gasteiger partial charge in [0.1, 0.15) is 5.75 Å². The number of piperidine rings is 1. The summed E-state index contributed by atoms with van der Waals surface area (Å²) in [7, 11) is 2.14. The highest BCUT2D eigenvalue weighted by Crippen LogP contribution is 2.24. The van der Waals surface area contributed by atoms with E-state index in [2.05, 4.69) is 50.4 Å². The molecule has 0 saturated carbocycles. The van der Waals surface area contributed by atoms with Crippen LogP contribution in [0.3, 0.4) is 0 Å². The van der Waals surface area contributed by atoms with Crippen molar-refractivity contribution in [2.24, 2.45) is 0 Å². The first-order valence-corrected chi connectivity index (χ1v) is 12.0. The summed E-state index contributed by atoms with van der Waals surface area (Å²) >= 11 is 0. The zero-order chi connectivity index (χ0) is 22.3. The molecule has 0 radical (unpaired) electrons. The Balaban J connectivity index is 0.00000306. The van der Waals surface area contributed by atoms with E-state index in [4.69, 9.17) is 10.5 Å². The Morgan fingerprint density at radius 1 is 1.21 bits per heavy atom. The second-order valence-electron chi connectivity index (χ2n) is 9.14. The fraction of sp³-hybridized carbons (Fsp3) is 0.560. The zero-order valence-electron chi connectivity index (χ0n) is 20.0. The van der Waals surface area contributed by atoms with Crippen LogP contribution in [-0.4, -0.2) is 63.7 Å². The molecule has 4 rings (SSSR count). The topological polar surface area (TPSA) is 75.3 Å². The summed E-state index contributed by atoms with van der Waals surface area (Å²) < 4.78 is 8.19. The maximum atomic E-state index is 6.25. The predicted molar refractivity (Wildman–Crippen MR) is 138 cm³/mol. The molecule has 1 atom stereocenters. The van der Waals surface area contributed by atoms with E-state index in [1.165, 1.54) is 31.5 Å². The highest BCUT2D eigenvalue weighted by atomic mass is 35.5. The molecule has 3 N–H and O–H groups in total. The molecule has 1 aliphatic rings. The first kappa shape index (κ1) is 25.4. The minimum atomic E-state index is 0. The molecular weight excluding hydrogens is 436 g/mol. The van der Waals surface area contributed by atoms with Gasteiger partial charge in [-0.3, -0.25) is 0 Å². The highest BCUT2D eigenvalue weighted by Gasteiger charge is 2.18. The van der Waals surface area contributed by atoms with E-state index < -0.39 is 0 Å². The first-order valence-electron chi connectivity index (χ1n) is 12.0. The van der Waals surface area contributed by atoms with Crippen molar-refractivity contribution in [2.75, 3.05) is 39.0 Å². The van der Waals surface area contributed by atoms with Gasteiger partial charge in [-0.25, -0.2) is 4.98 Å². The average molecular weight is 475 g/mol. The van der Waals surface area contributed by atoms with Gasteiger partial charge in [0.2, 0.25) is 5.95 Å². The Labute approximate surface area is 203 Å². The third-order valence-electron chi connectivity index (χ3n) is 6.57. The predicted octanol–water partition coefficient (Wildman–Crippen LogP) is 4.53. The van der Waals surface area contributed by atoms with Gasteiger partial charge in [-0.05, 0) is 70.5 Å². The number of hydrogen-bond acceptors (Lipinski definition) is 5. The molecule has 1 saturated heterocycles. The number of benzene rings is 1. The van der Waals surface area contributed by atoms with Crippen LogP contribution in [0.2, 0.25) is 0 Å². The molecule has 2 aromatic heterocycles. The molecule has 8 heteroatoms. The zero-order valence-corrected chi connectivity index (χ0v) is 20.8. The van der Waals surface area contributed by atoms with Gasteiger partial charge in [-0.2, -0.15) is 0 Å². The van der Waals surface area contributed by atoms with E-state index in [0.717, 1.165) is 55.8 Å². The number of likely N-dealkylation sites (tertiary alicyclic amines) is 1. The number of anilines is 1. The van der Waals surface area contributed by atoms with E-state index in [0.29, 0.717) is 18.6 Å². The van der Waals surface area contributed by atoms with Crippen molar-refractivity contribution in [2.45, 2.75) is 58.2 Å². The van der Waals surface area contributed by atoms with E-state index >= 15 is 0 Å². The van der Waals surface area contributed by atoms with Crippen LogP contribution >= 0.6 is 12.4 Å². The number of rotatable bonds is 11. The molecule has 0 spiro atoms. The van der Waals surface area contributed by atoms with E-state index in [-0.39, 0.29) is 12.4 Å². The number of nitrogens with one attached hydrogen (secondary N) is 1. The number of ether oxygens (including phenoxy) is 1. The Kier molecular flexibility index (Phi) is 9.47. The Morgan fingerprint density at radius 3 is 2.88 bits per heavy atom. The molecule has 0 aliphatic carbocycles. The normalized spacial score (nSPS) is 16.9. The number of aromatic amines is 1. The van der Waals surface area contributed by atoms with E-state index in [1.54, 1.807) is 0 Å². The monoisotopic (exact) mass is 474 g/mol. The minimum absolute atomic E-state index is 0. The van der Waals surface area contributed by atoms with Gasteiger partial charge >= 0.3 is 0 Å². The van der Waals surface area contributed by atoms with Crippen molar-refractivity contribution in [3.63, 3.8) is 0 Å². The molecule has 1 fully saturated rings. The van der Waals surface area contributed by atoms with Crippen molar-refractivity contribution < 1.29 is 4.74 Å². The quantitative estimate of drug-likeness (QED) is 0.399. The number of nitrogens with zero attached hydrogens (tertiary/aromatic N) is 4. The fourth-order valence-corrected chi connectivity index (χ4v) is 4.73. The lowest BCUT2D eigenvalue weighted by atomic mass is 10.0. The van der Waals surface area contributed by atoms with Crippen molar-refractivity contribution in [3.05, 3.63) is 42.2 Å². The number of imidazole rings is 1. The molecule has 7 nitrogen and oxygen atoms in total. The van der Waals surface area contributed by atoms with Gasteiger partial charge in [-0.1, -0.05) is 6.42 Å². The van der Waals surface area contributed by atoms with Crippen LogP contribution in [0.1, 0.15) is 44.7 Å². The number of nitrogens with two attached hydrogens (primary N) is 1. The Morgan fingerprint density at radius 2 is 2.09 bits per heavy atom. The summed E-state index contributed by atoms with van der Waals surface area (Å²) in [6.45, 7) is 8.18. The van der Waals surface area contributed by atoms with Gasteiger partial charge in [0.15, 0.2) is 0 Å². The molecule has 0 amide bonds. The maximum Gasteiger partial charge on any atom is 0.201 e. The number of aryl methyl sites for hydroxylation is 1. The largest absolute Gasteiger partial charge is 0.493 e. The number of halogens is 1. The van der Waals surface area contributed by atoms with Crippen LogP contribution in [0, 0.1) is 0 Å². The molecule has 1 unspecified atom stereocenters.